The Balaban J connectivity index is 0. The highest BCUT2D eigenvalue weighted by Crippen LogP contribution is 2.06. The minimum absolute atomic E-state index is 0.242. The molecular weight excluding hydrogens is 352 g/mol. The van der Waals surface area contributed by atoms with Gasteiger partial charge in [-0.25, -0.2) is 0 Å². The summed E-state index contributed by atoms with van der Waals surface area (Å²) in [6.45, 7) is 19.9. The summed E-state index contributed by atoms with van der Waals surface area (Å²) in [7, 11) is -7.66. The second-order valence-electron chi connectivity index (χ2n) is 7.93. The van der Waals surface area contributed by atoms with Crippen LogP contribution in [0.5, 0.6) is 0 Å². The van der Waals surface area contributed by atoms with Crippen molar-refractivity contribution in [3.63, 3.8) is 0 Å². The van der Waals surface area contributed by atoms with E-state index in [9.17, 15) is 9.59 Å². The van der Waals surface area contributed by atoms with E-state index in [4.69, 9.17) is 17.7 Å². The summed E-state index contributed by atoms with van der Waals surface area (Å²) in [5.41, 5.74) is 0. The molecule has 0 aliphatic carbocycles. The Morgan fingerprint density at radius 2 is 0.727 bits per heavy atom. The summed E-state index contributed by atoms with van der Waals surface area (Å²) in [5, 5.41) is 0. The molecule has 10 heteroatoms. The summed E-state index contributed by atoms with van der Waals surface area (Å²) >= 11 is 0. The van der Waals surface area contributed by atoms with E-state index in [1.54, 1.807) is 26.2 Å². The molecular formula is C12H36O6Si4. The summed E-state index contributed by atoms with van der Waals surface area (Å²) in [6, 6.07) is 0. The second kappa shape index (κ2) is 9.81. The predicted molar refractivity (Wildman–Crippen MR) is 100 cm³/mol. The molecule has 0 amide bonds. The van der Waals surface area contributed by atoms with Gasteiger partial charge in [-0.05, 0) is 65.5 Å². The van der Waals surface area contributed by atoms with Crippen LogP contribution >= 0.6 is 0 Å². The maximum atomic E-state index is 9.27. The number of hydrogen-bond donors (Lipinski definition) is 2. The third-order valence-corrected chi connectivity index (χ3v) is 5.42. The highest BCUT2D eigenvalue weighted by molar-refractivity contribution is 6.70. The van der Waals surface area contributed by atoms with Crippen molar-refractivity contribution in [2.45, 2.75) is 65.5 Å². The number of rotatable bonds is 8. The van der Waals surface area contributed by atoms with E-state index in [1.807, 2.05) is 0 Å². The zero-order valence-electron chi connectivity index (χ0n) is 15.9. The Morgan fingerprint density at radius 3 is 0.864 bits per heavy atom. The van der Waals surface area contributed by atoms with Crippen LogP contribution in [0.15, 0.2) is 0 Å². The topological polar surface area (TPSA) is 77.4 Å². The van der Waals surface area contributed by atoms with E-state index in [1.165, 1.54) is 0 Å². The molecule has 0 aromatic heterocycles. The van der Waals surface area contributed by atoms with Crippen LogP contribution in [-0.4, -0.2) is 56.9 Å². The molecule has 22 heavy (non-hydrogen) atoms. The molecule has 0 unspecified atom stereocenters. The van der Waals surface area contributed by atoms with Crippen molar-refractivity contribution < 1.29 is 27.3 Å². The molecule has 0 atom stereocenters. The van der Waals surface area contributed by atoms with E-state index >= 15 is 0 Å². The standard InChI is InChI=1S/2C6H18O3Si2/c2*1-10(2,3)8-6-9-11(4,5)7/h2*7H,6H2,1-5H3. The first kappa shape index (κ1) is 24.9. The lowest BCUT2D eigenvalue weighted by Gasteiger charge is -2.21. The van der Waals surface area contributed by atoms with Crippen molar-refractivity contribution in [2.75, 3.05) is 13.6 Å². The fraction of sp³-hybridized carbons (Fsp3) is 1.00. The average molecular weight is 389 g/mol. The molecule has 6 nitrogen and oxygen atoms in total. The lowest BCUT2D eigenvalue weighted by molar-refractivity contribution is 0.0839. The van der Waals surface area contributed by atoms with E-state index in [2.05, 4.69) is 39.3 Å². The third kappa shape index (κ3) is 28.7. The van der Waals surface area contributed by atoms with E-state index in [0.717, 1.165) is 0 Å². The van der Waals surface area contributed by atoms with Gasteiger partial charge in [0.25, 0.3) is 0 Å². The minimum atomic E-state index is -2.36. The fourth-order valence-electron chi connectivity index (χ4n) is 0.701. The van der Waals surface area contributed by atoms with Crippen molar-refractivity contribution in [3.05, 3.63) is 0 Å². The average Bonchev–Trinajstić information content (AvgIpc) is 2.08. The van der Waals surface area contributed by atoms with Gasteiger partial charge in [0.05, 0.1) is 0 Å². The summed E-state index contributed by atoms with van der Waals surface area (Å²) in [6.07, 6.45) is 0. The molecule has 0 fully saturated rings. The molecule has 2 N–H and O–H groups in total. The molecule has 0 aliphatic rings. The van der Waals surface area contributed by atoms with E-state index < -0.39 is 33.8 Å². The van der Waals surface area contributed by atoms with E-state index in [-0.39, 0.29) is 13.6 Å². The Labute approximate surface area is 140 Å². The highest BCUT2D eigenvalue weighted by atomic mass is 28.4. The minimum Gasteiger partial charge on any atom is -0.411 e. The first-order chi connectivity index (χ1) is 9.41. The van der Waals surface area contributed by atoms with Gasteiger partial charge in [0.2, 0.25) is 0 Å². The van der Waals surface area contributed by atoms with Crippen molar-refractivity contribution >= 4 is 33.8 Å². The number of hydrogen-bond acceptors (Lipinski definition) is 6. The molecule has 136 valence electrons. The normalized spacial score (nSPS) is 13.6. The third-order valence-electron chi connectivity index (χ3n) is 1.81. The van der Waals surface area contributed by atoms with Gasteiger partial charge >= 0.3 is 17.1 Å². The smallest absolute Gasteiger partial charge is 0.330 e. The van der Waals surface area contributed by atoms with Crippen molar-refractivity contribution in [1.29, 1.82) is 0 Å². The van der Waals surface area contributed by atoms with Gasteiger partial charge in [-0.3, -0.25) is 0 Å². The maximum absolute atomic E-state index is 9.27. The lowest BCUT2D eigenvalue weighted by atomic mass is 11.6. The van der Waals surface area contributed by atoms with Gasteiger partial charge in [0.15, 0.2) is 16.6 Å². The Bertz CT molecular complexity index is 230. The van der Waals surface area contributed by atoms with Gasteiger partial charge in [0, 0.05) is 0 Å². The van der Waals surface area contributed by atoms with Crippen LogP contribution in [0.2, 0.25) is 65.5 Å². The van der Waals surface area contributed by atoms with Crippen LogP contribution in [0.25, 0.3) is 0 Å². The van der Waals surface area contributed by atoms with Crippen LogP contribution in [-0.2, 0) is 17.7 Å². The zero-order chi connectivity index (χ0) is 18.2. The SMILES string of the molecule is C[Si](C)(C)OCO[Si](C)(C)O.C[Si](C)(C)OCO[Si](C)(C)O. The lowest BCUT2D eigenvalue weighted by Crippen LogP contribution is -2.35. The first-order valence-corrected chi connectivity index (χ1v) is 19.9. The second-order valence-corrected chi connectivity index (χ2v) is 23.3. The maximum Gasteiger partial charge on any atom is 0.330 e. The van der Waals surface area contributed by atoms with Gasteiger partial charge < -0.3 is 27.3 Å². The van der Waals surface area contributed by atoms with Crippen LogP contribution in [0.3, 0.4) is 0 Å². The predicted octanol–water partition coefficient (Wildman–Crippen LogP) is 3.01. The fourth-order valence-corrected chi connectivity index (χ4v) is 2.46. The molecule has 0 heterocycles. The first-order valence-electron chi connectivity index (χ1n) is 7.42. The summed E-state index contributed by atoms with van der Waals surface area (Å²) in [4.78, 5) is 18.5. The summed E-state index contributed by atoms with van der Waals surface area (Å²) < 4.78 is 21.0. The quantitative estimate of drug-likeness (QED) is 0.491. The molecule has 0 aliphatic heterocycles. The zero-order valence-corrected chi connectivity index (χ0v) is 19.9. The molecule has 0 aromatic carbocycles. The van der Waals surface area contributed by atoms with Gasteiger partial charge in [-0.15, -0.1) is 0 Å². The van der Waals surface area contributed by atoms with Crippen LogP contribution in [0, 0.1) is 0 Å². The highest BCUT2D eigenvalue weighted by Gasteiger charge is 2.21. The van der Waals surface area contributed by atoms with Crippen LogP contribution in [0.4, 0.5) is 0 Å². The molecule has 0 radical (unpaired) electrons. The van der Waals surface area contributed by atoms with Crippen molar-refractivity contribution in [1.82, 2.24) is 0 Å². The van der Waals surface area contributed by atoms with Crippen LogP contribution in [0.1, 0.15) is 0 Å². The Morgan fingerprint density at radius 1 is 0.500 bits per heavy atom. The van der Waals surface area contributed by atoms with Crippen molar-refractivity contribution in [2.24, 2.45) is 0 Å². The monoisotopic (exact) mass is 388 g/mol. The van der Waals surface area contributed by atoms with E-state index in [0.29, 0.717) is 0 Å². The largest absolute Gasteiger partial charge is 0.411 e. The molecule has 0 rings (SSSR count). The molecule has 0 saturated carbocycles. The summed E-state index contributed by atoms with van der Waals surface area (Å²) in [5.74, 6) is 0. The van der Waals surface area contributed by atoms with Crippen molar-refractivity contribution in [3.8, 4) is 0 Å². The Hall–Kier alpha value is 0.628. The molecule has 0 spiro atoms. The molecule has 0 bridgehead atoms. The molecule has 0 aromatic rings. The Kier molecular flexibility index (Phi) is 11.1. The molecule has 0 saturated heterocycles. The van der Waals surface area contributed by atoms with Gasteiger partial charge in [-0.2, -0.15) is 0 Å². The van der Waals surface area contributed by atoms with Gasteiger partial charge in [-0.1, -0.05) is 0 Å². The van der Waals surface area contributed by atoms with Gasteiger partial charge in [0.1, 0.15) is 13.6 Å². The van der Waals surface area contributed by atoms with Crippen LogP contribution < -0.4 is 0 Å².